The standard InChI is InChI=1S/C32H28N/c1-23-9-13-26(14-10-23)30-21-29(25-7-5-4-6-8-25)22-31(27-15-11-24(2)12-16-27)32(30)28-17-19-33(3)20-18-28/h4-22H,1-3H3/q+1. The number of pyridine rings is 1. The highest BCUT2D eigenvalue weighted by Crippen LogP contribution is 2.43. The van der Waals surface area contributed by atoms with Crippen LogP contribution in [0.3, 0.4) is 0 Å². The summed E-state index contributed by atoms with van der Waals surface area (Å²) in [4.78, 5) is 0. The van der Waals surface area contributed by atoms with Crippen LogP contribution in [0.5, 0.6) is 0 Å². The molecular formula is C32H28N+. The summed E-state index contributed by atoms with van der Waals surface area (Å²) in [7, 11) is 2.06. The predicted octanol–water partition coefficient (Wildman–Crippen LogP) is 7.80. The van der Waals surface area contributed by atoms with E-state index in [0.717, 1.165) is 0 Å². The van der Waals surface area contributed by atoms with Crippen LogP contribution in [-0.4, -0.2) is 0 Å². The summed E-state index contributed by atoms with van der Waals surface area (Å²) >= 11 is 0. The minimum atomic E-state index is 1.22. The maximum Gasteiger partial charge on any atom is 0.169 e. The van der Waals surface area contributed by atoms with E-state index in [-0.39, 0.29) is 0 Å². The molecule has 0 spiro atoms. The molecule has 0 fully saturated rings. The fourth-order valence-electron chi connectivity index (χ4n) is 4.34. The smallest absolute Gasteiger partial charge is 0.169 e. The molecule has 0 atom stereocenters. The van der Waals surface area contributed by atoms with Gasteiger partial charge in [-0.25, -0.2) is 4.57 Å². The summed E-state index contributed by atoms with van der Waals surface area (Å²) in [5.74, 6) is 0. The SMILES string of the molecule is Cc1ccc(-c2cc(-c3ccccc3)cc(-c3ccc(C)cc3)c2-c2cc[n+](C)cc2)cc1. The molecule has 0 unspecified atom stereocenters. The Morgan fingerprint density at radius 2 is 0.939 bits per heavy atom. The Labute approximate surface area is 196 Å². The molecule has 33 heavy (non-hydrogen) atoms. The normalized spacial score (nSPS) is 10.9. The molecule has 0 aliphatic heterocycles. The summed E-state index contributed by atoms with van der Waals surface area (Å²) in [6.07, 6.45) is 4.25. The quantitative estimate of drug-likeness (QED) is 0.258. The Morgan fingerprint density at radius 3 is 1.42 bits per heavy atom. The zero-order valence-corrected chi connectivity index (χ0v) is 19.4. The number of rotatable bonds is 4. The van der Waals surface area contributed by atoms with Crippen molar-refractivity contribution in [2.45, 2.75) is 13.8 Å². The molecule has 0 aliphatic rings. The molecule has 5 rings (SSSR count). The molecule has 1 aromatic heterocycles. The Kier molecular flexibility index (Phi) is 5.62. The number of aromatic nitrogens is 1. The lowest BCUT2D eigenvalue weighted by Crippen LogP contribution is -2.25. The molecule has 1 nitrogen and oxygen atoms in total. The third kappa shape index (κ3) is 4.36. The third-order valence-electron chi connectivity index (χ3n) is 6.24. The van der Waals surface area contributed by atoms with E-state index in [2.05, 4.69) is 141 Å². The topological polar surface area (TPSA) is 3.88 Å². The maximum atomic E-state index is 2.35. The molecule has 0 radical (unpaired) electrons. The Morgan fingerprint density at radius 1 is 0.455 bits per heavy atom. The van der Waals surface area contributed by atoms with Crippen LogP contribution < -0.4 is 4.57 Å². The first-order valence-corrected chi connectivity index (χ1v) is 11.4. The third-order valence-corrected chi connectivity index (χ3v) is 6.24. The van der Waals surface area contributed by atoms with Crippen molar-refractivity contribution in [3.8, 4) is 44.5 Å². The van der Waals surface area contributed by atoms with Crippen LogP contribution in [0.25, 0.3) is 44.5 Å². The molecular weight excluding hydrogens is 398 g/mol. The van der Waals surface area contributed by atoms with Gasteiger partial charge in [-0.2, -0.15) is 0 Å². The molecule has 0 saturated heterocycles. The first-order chi connectivity index (χ1) is 16.1. The van der Waals surface area contributed by atoms with Gasteiger partial charge in [-0.1, -0.05) is 90.0 Å². The first-order valence-electron chi connectivity index (χ1n) is 11.4. The minimum absolute atomic E-state index is 1.22. The molecule has 0 N–H and O–H groups in total. The van der Waals surface area contributed by atoms with Gasteiger partial charge in [0.05, 0.1) is 0 Å². The van der Waals surface area contributed by atoms with Crippen LogP contribution in [0.15, 0.2) is 116 Å². The van der Waals surface area contributed by atoms with E-state index in [9.17, 15) is 0 Å². The second kappa shape index (κ2) is 8.88. The van der Waals surface area contributed by atoms with Crippen LogP contribution in [0.1, 0.15) is 11.1 Å². The minimum Gasteiger partial charge on any atom is -0.208 e. The molecule has 0 saturated carbocycles. The largest absolute Gasteiger partial charge is 0.208 e. The van der Waals surface area contributed by atoms with Crippen LogP contribution in [0.2, 0.25) is 0 Å². The zero-order valence-electron chi connectivity index (χ0n) is 19.4. The van der Waals surface area contributed by atoms with Crippen molar-refractivity contribution < 1.29 is 4.57 Å². The lowest BCUT2D eigenvalue weighted by atomic mass is 9.84. The van der Waals surface area contributed by atoms with Gasteiger partial charge >= 0.3 is 0 Å². The zero-order chi connectivity index (χ0) is 22.8. The second-order valence-corrected chi connectivity index (χ2v) is 8.80. The summed E-state index contributed by atoms with van der Waals surface area (Å²) in [5.41, 5.74) is 12.4. The fraction of sp³-hybridized carbons (Fsp3) is 0.0938. The van der Waals surface area contributed by atoms with Gasteiger partial charge in [0.25, 0.3) is 0 Å². The Hall–Kier alpha value is -3.97. The van der Waals surface area contributed by atoms with E-state index in [1.165, 1.54) is 55.6 Å². The van der Waals surface area contributed by atoms with E-state index in [0.29, 0.717) is 0 Å². The molecule has 1 heterocycles. The highest BCUT2D eigenvalue weighted by atomic mass is 14.9. The van der Waals surface area contributed by atoms with Crippen LogP contribution in [0, 0.1) is 13.8 Å². The Bertz CT molecular complexity index is 1310. The lowest BCUT2D eigenvalue weighted by Gasteiger charge is -2.19. The van der Waals surface area contributed by atoms with Crippen LogP contribution in [0.4, 0.5) is 0 Å². The predicted molar refractivity (Wildman–Crippen MR) is 139 cm³/mol. The highest BCUT2D eigenvalue weighted by molar-refractivity contribution is 5.97. The molecule has 5 aromatic rings. The second-order valence-electron chi connectivity index (χ2n) is 8.80. The number of hydrogen-bond donors (Lipinski definition) is 0. The lowest BCUT2D eigenvalue weighted by molar-refractivity contribution is -0.671. The molecule has 1 heteroatoms. The summed E-state index contributed by atoms with van der Waals surface area (Å²) in [5, 5.41) is 0. The van der Waals surface area contributed by atoms with Gasteiger partial charge in [0.15, 0.2) is 12.4 Å². The average molecular weight is 427 g/mol. The molecule has 0 bridgehead atoms. The van der Waals surface area contributed by atoms with Crippen LogP contribution >= 0.6 is 0 Å². The molecule has 4 aromatic carbocycles. The fourth-order valence-corrected chi connectivity index (χ4v) is 4.34. The van der Waals surface area contributed by atoms with Crippen LogP contribution in [-0.2, 0) is 7.05 Å². The van der Waals surface area contributed by atoms with Gasteiger partial charge in [-0.3, -0.25) is 0 Å². The van der Waals surface area contributed by atoms with Gasteiger partial charge in [-0.15, -0.1) is 0 Å². The highest BCUT2D eigenvalue weighted by Gasteiger charge is 2.17. The van der Waals surface area contributed by atoms with E-state index in [1.54, 1.807) is 0 Å². The number of aryl methyl sites for hydroxylation is 3. The van der Waals surface area contributed by atoms with Crippen molar-refractivity contribution in [1.29, 1.82) is 0 Å². The molecule has 0 amide bonds. The summed E-state index contributed by atoms with van der Waals surface area (Å²) in [6.45, 7) is 4.28. The van der Waals surface area contributed by atoms with Gasteiger partial charge in [0.1, 0.15) is 7.05 Å². The summed E-state index contributed by atoms with van der Waals surface area (Å²) in [6, 6.07) is 37.6. The van der Waals surface area contributed by atoms with E-state index < -0.39 is 0 Å². The van der Waals surface area contributed by atoms with E-state index >= 15 is 0 Å². The first kappa shape index (κ1) is 20.9. The number of hydrogen-bond acceptors (Lipinski definition) is 0. The molecule has 0 aliphatic carbocycles. The van der Waals surface area contributed by atoms with Crippen molar-refractivity contribution in [2.75, 3.05) is 0 Å². The van der Waals surface area contributed by atoms with Gasteiger partial charge < -0.3 is 0 Å². The molecule has 160 valence electrons. The Balaban J connectivity index is 1.86. The van der Waals surface area contributed by atoms with Crippen molar-refractivity contribution in [2.24, 2.45) is 7.05 Å². The number of benzene rings is 4. The number of nitrogens with zero attached hydrogens (tertiary/aromatic N) is 1. The van der Waals surface area contributed by atoms with E-state index in [4.69, 9.17) is 0 Å². The monoisotopic (exact) mass is 426 g/mol. The van der Waals surface area contributed by atoms with Gasteiger partial charge in [0.2, 0.25) is 0 Å². The van der Waals surface area contributed by atoms with Crippen molar-refractivity contribution in [3.63, 3.8) is 0 Å². The van der Waals surface area contributed by atoms with Gasteiger partial charge in [-0.05, 0) is 70.5 Å². The van der Waals surface area contributed by atoms with Crippen molar-refractivity contribution in [3.05, 3.63) is 127 Å². The van der Waals surface area contributed by atoms with Crippen molar-refractivity contribution in [1.82, 2.24) is 0 Å². The summed E-state index contributed by atoms with van der Waals surface area (Å²) < 4.78 is 2.08. The maximum absolute atomic E-state index is 2.35. The van der Waals surface area contributed by atoms with Gasteiger partial charge in [0, 0.05) is 12.1 Å². The van der Waals surface area contributed by atoms with Crippen molar-refractivity contribution >= 4 is 0 Å². The average Bonchev–Trinajstić information content (AvgIpc) is 2.85. The van der Waals surface area contributed by atoms with E-state index in [1.807, 2.05) is 0 Å².